The molecule has 0 N–H and O–H groups in total. The van der Waals surface area contributed by atoms with Gasteiger partial charge in [0.2, 0.25) is 0 Å². The summed E-state index contributed by atoms with van der Waals surface area (Å²) in [6.07, 6.45) is 3.95. The van der Waals surface area contributed by atoms with Gasteiger partial charge in [-0.25, -0.2) is 4.39 Å². The van der Waals surface area contributed by atoms with Gasteiger partial charge < -0.3 is 0 Å². The second kappa shape index (κ2) is 6.15. The molecule has 0 rings (SSSR count). The van der Waals surface area contributed by atoms with E-state index in [2.05, 4.69) is 15.9 Å². The van der Waals surface area contributed by atoms with Gasteiger partial charge in [0, 0.05) is 5.33 Å². The molecule has 42 valence electrons. The second-order valence-corrected chi connectivity index (χ2v) is 1.99. The van der Waals surface area contributed by atoms with Gasteiger partial charge >= 0.3 is 0 Å². The van der Waals surface area contributed by atoms with Crippen LogP contribution in [0.1, 0.15) is 12.8 Å². The predicted molar refractivity (Wildman–Crippen MR) is 33.3 cm³/mol. The zero-order chi connectivity index (χ0) is 5.54. The molecule has 0 aliphatic rings. The van der Waals surface area contributed by atoms with Gasteiger partial charge in [0.15, 0.2) is 0 Å². The third kappa shape index (κ3) is 6.15. The first kappa shape index (κ1) is 7.15. The Balaban J connectivity index is 2.69. The molecule has 7 heavy (non-hydrogen) atoms. The Morgan fingerprint density at radius 3 is 2.71 bits per heavy atom. The normalized spacial score (nSPS) is 10.6. The van der Waals surface area contributed by atoms with E-state index in [-0.39, 0.29) is 0 Å². The Kier molecular flexibility index (Phi) is 6.28. The zero-order valence-electron chi connectivity index (χ0n) is 4.03. The Hall–Kier alpha value is 0.150. The van der Waals surface area contributed by atoms with Crippen LogP contribution in [0.2, 0.25) is 0 Å². The van der Waals surface area contributed by atoms with Gasteiger partial charge in [0.05, 0.1) is 6.33 Å². The van der Waals surface area contributed by atoms with Gasteiger partial charge in [-0.05, 0) is 12.8 Å². The number of unbranched alkanes of at least 4 members (excludes halogenated alkanes) is 1. The van der Waals surface area contributed by atoms with Crippen molar-refractivity contribution in [2.75, 3.05) is 5.33 Å². The van der Waals surface area contributed by atoms with Gasteiger partial charge in [0.1, 0.15) is 0 Å². The van der Waals surface area contributed by atoms with Gasteiger partial charge in [0.25, 0.3) is 0 Å². The van der Waals surface area contributed by atoms with Crippen molar-refractivity contribution < 1.29 is 4.39 Å². The van der Waals surface area contributed by atoms with Crippen molar-refractivity contribution in [1.29, 1.82) is 0 Å². The number of alkyl halides is 1. The molecule has 0 amide bonds. The van der Waals surface area contributed by atoms with Crippen molar-refractivity contribution >= 4 is 15.9 Å². The molecule has 0 atom stereocenters. The molecule has 0 radical (unpaired) electrons. The van der Waals surface area contributed by atoms with Crippen molar-refractivity contribution in [3.8, 4) is 0 Å². The molecular weight excluding hydrogens is 159 g/mol. The largest absolute Gasteiger partial charge is 0.216 e. The number of rotatable bonds is 3. The van der Waals surface area contributed by atoms with Crippen LogP contribution in [0, 0.1) is 0 Å². The van der Waals surface area contributed by atoms with Crippen LogP contribution in [-0.4, -0.2) is 5.33 Å². The maximum Gasteiger partial charge on any atom is 0.0827 e. The number of hydrogen-bond acceptors (Lipinski definition) is 0. The van der Waals surface area contributed by atoms with Crippen molar-refractivity contribution in [1.82, 2.24) is 0 Å². The van der Waals surface area contributed by atoms with E-state index < -0.39 is 0 Å². The molecule has 0 aromatic heterocycles. The van der Waals surface area contributed by atoms with E-state index in [1.165, 1.54) is 6.08 Å². The van der Waals surface area contributed by atoms with Crippen LogP contribution in [0.4, 0.5) is 4.39 Å². The second-order valence-electron chi connectivity index (χ2n) is 1.19. The summed E-state index contributed by atoms with van der Waals surface area (Å²) in [5.74, 6) is 0. The predicted octanol–water partition coefficient (Wildman–Crippen LogP) is 2.64. The highest BCUT2D eigenvalue weighted by Crippen LogP contribution is 1.94. The molecule has 0 aliphatic heterocycles. The topological polar surface area (TPSA) is 0 Å². The van der Waals surface area contributed by atoms with Crippen molar-refractivity contribution in [2.45, 2.75) is 12.8 Å². The number of hydrogen-bond donors (Lipinski definition) is 0. The maximum absolute atomic E-state index is 11.1. The lowest BCUT2D eigenvalue weighted by molar-refractivity contribution is 0.712. The molecule has 0 nitrogen and oxygen atoms in total. The van der Waals surface area contributed by atoms with Crippen molar-refractivity contribution in [3.63, 3.8) is 0 Å². The quantitative estimate of drug-likeness (QED) is 0.447. The molecule has 0 saturated carbocycles. The summed E-state index contributed by atoms with van der Waals surface area (Å²) in [7, 11) is 0. The minimum Gasteiger partial charge on any atom is -0.216 e. The highest BCUT2D eigenvalue weighted by atomic mass is 79.9. The van der Waals surface area contributed by atoms with Gasteiger partial charge in [-0.1, -0.05) is 22.0 Å². The van der Waals surface area contributed by atoms with E-state index in [1.807, 2.05) is 0 Å². The van der Waals surface area contributed by atoms with Crippen LogP contribution in [0.5, 0.6) is 0 Å². The summed E-state index contributed by atoms with van der Waals surface area (Å²) in [4.78, 5) is 0. The van der Waals surface area contributed by atoms with E-state index in [0.29, 0.717) is 6.33 Å². The van der Waals surface area contributed by atoms with Gasteiger partial charge in [-0.2, -0.15) is 0 Å². The minimum atomic E-state index is 0.586. The third-order valence-electron chi connectivity index (χ3n) is 0.594. The standard InChI is InChI=1S/C5H8BrF/c6-4-2-1-3-5-7/h3,5H,1-2,4H2/b5-3+. The van der Waals surface area contributed by atoms with Gasteiger partial charge in [-0.3, -0.25) is 0 Å². The third-order valence-corrected chi connectivity index (χ3v) is 1.15. The Labute approximate surface area is 51.5 Å². The summed E-state index contributed by atoms with van der Waals surface area (Å²) in [6.45, 7) is 0. The highest BCUT2D eigenvalue weighted by Gasteiger charge is 1.75. The number of allylic oxidation sites excluding steroid dienone is 1. The molecule has 0 aliphatic carbocycles. The molecule has 0 spiro atoms. The molecule has 2 heteroatoms. The molecule has 0 saturated heterocycles. The maximum atomic E-state index is 11.1. The van der Waals surface area contributed by atoms with Crippen molar-refractivity contribution in [3.05, 3.63) is 12.4 Å². The first-order chi connectivity index (χ1) is 3.41. The van der Waals surface area contributed by atoms with E-state index in [0.717, 1.165) is 18.2 Å². The summed E-state index contributed by atoms with van der Waals surface area (Å²) < 4.78 is 11.1. The lowest BCUT2D eigenvalue weighted by Gasteiger charge is -1.81. The van der Waals surface area contributed by atoms with Crippen LogP contribution in [0.3, 0.4) is 0 Å². The van der Waals surface area contributed by atoms with Crippen LogP contribution in [0.25, 0.3) is 0 Å². The fourth-order valence-electron chi connectivity index (χ4n) is 0.258. The highest BCUT2D eigenvalue weighted by molar-refractivity contribution is 9.09. The molecule has 0 heterocycles. The average molecular weight is 167 g/mol. The lowest BCUT2D eigenvalue weighted by atomic mass is 10.3. The van der Waals surface area contributed by atoms with E-state index in [4.69, 9.17) is 0 Å². The SMILES string of the molecule is F/C=C/CCCBr. The van der Waals surface area contributed by atoms with Gasteiger partial charge in [-0.15, -0.1) is 0 Å². The molecule has 0 aromatic carbocycles. The van der Waals surface area contributed by atoms with E-state index in [9.17, 15) is 4.39 Å². The molecule has 0 unspecified atom stereocenters. The first-order valence-electron chi connectivity index (χ1n) is 2.23. The average Bonchev–Trinajstić information content (AvgIpc) is 1.69. The first-order valence-corrected chi connectivity index (χ1v) is 3.35. The fraction of sp³-hybridized carbons (Fsp3) is 0.600. The summed E-state index contributed by atoms with van der Waals surface area (Å²) in [6, 6.07) is 0. The van der Waals surface area contributed by atoms with E-state index in [1.54, 1.807) is 0 Å². The van der Waals surface area contributed by atoms with Crippen LogP contribution in [-0.2, 0) is 0 Å². The smallest absolute Gasteiger partial charge is 0.0827 e. The molecule has 0 bridgehead atoms. The zero-order valence-corrected chi connectivity index (χ0v) is 5.62. The monoisotopic (exact) mass is 166 g/mol. The minimum absolute atomic E-state index is 0.586. The van der Waals surface area contributed by atoms with E-state index >= 15 is 0 Å². The molecular formula is C5H8BrF. The Morgan fingerprint density at radius 2 is 2.29 bits per heavy atom. The Bertz CT molecular complexity index is 52.0. The summed E-state index contributed by atoms with van der Waals surface area (Å²) >= 11 is 3.22. The van der Waals surface area contributed by atoms with Crippen molar-refractivity contribution in [2.24, 2.45) is 0 Å². The summed E-state index contributed by atoms with van der Waals surface area (Å²) in [5, 5.41) is 0.956. The van der Waals surface area contributed by atoms with Crippen LogP contribution >= 0.6 is 15.9 Å². The molecule has 0 fully saturated rings. The Morgan fingerprint density at radius 1 is 1.57 bits per heavy atom. The van der Waals surface area contributed by atoms with Crippen LogP contribution < -0.4 is 0 Å². The number of halogens is 2. The molecule has 0 aromatic rings. The summed E-state index contributed by atoms with van der Waals surface area (Å²) in [5.41, 5.74) is 0. The fourth-order valence-corrected chi connectivity index (χ4v) is 0.582. The lowest BCUT2D eigenvalue weighted by Crippen LogP contribution is -1.67. The van der Waals surface area contributed by atoms with Crippen LogP contribution in [0.15, 0.2) is 12.4 Å².